The summed E-state index contributed by atoms with van der Waals surface area (Å²) in [7, 11) is 0. The summed E-state index contributed by atoms with van der Waals surface area (Å²) in [6, 6.07) is 6.23. The van der Waals surface area contributed by atoms with Crippen LogP contribution >= 0.6 is 0 Å². The highest BCUT2D eigenvalue weighted by Gasteiger charge is 2.18. The average molecular weight is 315 g/mol. The molecule has 1 aliphatic heterocycles. The quantitative estimate of drug-likeness (QED) is 0.852. The molecule has 0 unspecified atom stereocenters. The lowest BCUT2D eigenvalue weighted by molar-refractivity contribution is 0.226. The predicted octanol–water partition coefficient (Wildman–Crippen LogP) is 1.66. The first-order valence-corrected chi connectivity index (χ1v) is 8.41. The molecule has 6 heteroatoms. The Bertz CT molecular complexity index is 614. The first kappa shape index (κ1) is 15.8. The second-order valence-corrected chi connectivity index (χ2v) is 6.18. The van der Waals surface area contributed by atoms with Crippen LogP contribution in [0.25, 0.3) is 5.65 Å². The Morgan fingerprint density at radius 2 is 2.13 bits per heavy atom. The highest BCUT2D eigenvalue weighted by atomic mass is 16.2. The third kappa shape index (κ3) is 4.22. The van der Waals surface area contributed by atoms with Crippen LogP contribution in [0.2, 0.25) is 0 Å². The minimum atomic E-state index is -0.0974. The van der Waals surface area contributed by atoms with Crippen LogP contribution in [-0.4, -0.2) is 52.5 Å². The highest BCUT2D eigenvalue weighted by molar-refractivity contribution is 5.73. The molecule has 3 heterocycles. The van der Waals surface area contributed by atoms with Gasteiger partial charge in [0.25, 0.3) is 0 Å². The van der Waals surface area contributed by atoms with Gasteiger partial charge >= 0.3 is 6.03 Å². The molecule has 2 aromatic rings. The smallest absolute Gasteiger partial charge is 0.314 e. The molecule has 124 valence electrons. The van der Waals surface area contributed by atoms with Gasteiger partial charge in [0.05, 0.1) is 5.69 Å². The number of hydrogen-bond acceptors (Lipinski definition) is 3. The third-order valence-electron chi connectivity index (χ3n) is 4.40. The van der Waals surface area contributed by atoms with Crippen molar-refractivity contribution < 1.29 is 4.79 Å². The van der Waals surface area contributed by atoms with E-state index in [2.05, 4.69) is 27.4 Å². The van der Waals surface area contributed by atoms with Crippen molar-refractivity contribution >= 4 is 11.7 Å². The number of pyridine rings is 1. The minimum Gasteiger partial charge on any atom is -0.338 e. The Kier molecular flexibility index (Phi) is 5.12. The largest absolute Gasteiger partial charge is 0.338 e. The fraction of sp³-hybridized carbons (Fsp3) is 0.529. The number of likely N-dealkylation sites (tertiary alicyclic amines) is 1. The molecule has 2 aromatic heterocycles. The summed E-state index contributed by atoms with van der Waals surface area (Å²) in [5.74, 6) is 0. The van der Waals surface area contributed by atoms with Crippen LogP contribution in [0.4, 0.5) is 4.79 Å². The van der Waals surface area contributed by atoms with Crippen LogP contribution in [0.1, 0.15) is 25.5 Å². The zero-order chi connectivity index (χ0) is 16.1. The number of fused-ring (bicyclic) bond motifs is 1. The number of urea groups is 1. The highest BCUT2D eigenvalue weighted by Crippen LogP contribution is 2.10. The molecule has 6 nitrogen and oxygen atoms in total. The second-order valence-electron chi connectivity index (χ2n) is 6.18. The van der Waals surface area contributed by atoms with E-state index >= 15 is 0 Å². The number of hydrogen-bond donors (Lipinski definition) is 2. The summed E-state index contributed by atoms with van der Waals surface area (Å²) >= 11 is 0. The molecule has 23 heavy (non-hydrogen) atoms. The normalized spacial score (nSPS) is 16.6. The summed E-state index contributed by atoms with van der Waals surface area (Å²) in [6.07, 6.45) is 7.26. The van der Waals surface area contributed by atoms with Crippen molar-refractivity contribution in [1.29, 1.82) is 0 Å². The summed E-state index contributed by atoms with van der Waals surface area (Å²) in [5, 5.41) is 5.86. The number of amides is 2. The molecule has 0 spiro atoms. The Hall–Kier alpha value is -2.08. The van der Waals surface area contributed by atoms with Crippen LogP contribution in [0.3, 0.4) is 0 Å². The Balaban J connectivity index is 1.37. The van der Waals surface area contributed by atoms with E-state index in [0.29, 0.717) is 19.1 Å². The van der Waals surface area contributed by atoms with E-state index in [1.165, 1.54) is 12.8 Å². The summed E-state index contributed by atoms with van der Waals surface area (Å²) in [5.41, 5.74) is 1.92. The zero-order valence-corrected chi connectivity index (χ0v) is 13.7. The number of carbonyl (C=O) groups excluding carboxylic acids is 1. The summed E-state index contributed by atoms with van der Waals surface area (Å²) in [4.78, 5) is 18.8. The van der Waals surface area contributed by atoms with Gasteiger partial charge in [0.1, 0.15) is 5.65 Å². The van der Waals surface area contributed by atoms with E-state index in [4.69, 9.17) is 0 Å². The molecular formula is C17H25N5O. The molecule has 0 bridgehead atoms. The molecular weight excluding hydrogens is 290 g/mol. The number of aromatic nitrogens is 2. The maximum absolute atomic E-state index is 11.9. The van der Waals surface area contributed by atoms with Crippen molar-refractivity contribution in [3.05, 3.63) is 36.3 Å². The van der Waals surface area contributed by atoms with Crippen molar-refractivity contribution in [1.82, 2.24) is 24.9 Å². The molecule has 1 saturated heterocycles. The van der Waals surface area contributed by atoms with E-state index in [1.54, 1.807) is 0 Å². The molecule has 1 atom stereocenters. The van der Waals surface area contributed by atoms with Crippen molar-refractivity contribution in [3.8, 4) is 0 Å². The molecule has 0 radical (unpaired) electrons. The number of rotatable bonds is 6. The fourth-order valence-electron chi connectivity index (χ4n) is 3.03. The molecule has 0 aliphatic carbocycles. The maximum Gasteiger partial charge on any atom is 0.314 e. The molecule has 0 saturated carbocycles. The SMILES string of the molecule is C[C@H](CNC(=O)NCCc1cn2ccccc2n1)N1CCCC1. The lowest BCUT2D eigenvalue weighted by Crippen LogP contribution is -2.44. The first-order chi connectivity index (χ1) is 11.2. The molecule has 2 amide bonds. The van der Waals surface area contributed by atoms with Crippen molar-refractivity contribution in [2.75, 3.05) is 26.2 Å². The van der Waals surface area contributed by atoms with Crippen LogP contribution in [0.5, 0.6) is 0 Å². The molecule has 0 aromatic carbocycles. The standard InChI is InChI=1S/C17H25N5O/c1-14(21-9-4-5-10-21)12-19-17(23)18-8-7-15-13-22-11-3-2-6-16(22)20-15/h2-3,6,11,13-14H,4-5,7-10,12H2,1H3,(H2,18,19,23)/t14-/m1/s1. The first-order valence-electron chi connectivity index (χ1n) is 8.41. The summed E-state index contributed by atoms with van der Waals surface area (Å²) in [6.45, 7) is 5.76. The van der Waals surface area contributed by atoms with E-state index < -0.39 is 0 Å². The topological polar surface area (TPSA) is 61.7 Å². The van der Waals surface area contributed by atoms with E-state index in [-0.39, 0.29) is 6.03 Å². The third-order valence-corrected chi connectivity index (χ3v) is 4.40. The number of imidazole rings is 1. The van der Waals surface area contributed by atoms with Gasteiger partial charge in [0.2, 0.25) is 0 Å². The van der Waals surface area contributed by atoms with Crippen LogP contribution in [0.15, 0.2) is 30.6 Å². The van der Waals surface area contributed by atoms with Gasteiger partial charge in [0.15, 0.2) is 0 Å². The second kappa shape index (κ2) is 7.46. The van der Waals surface area contributed by atoms with Gasteiger partial charge < -0.3 is 15.0 Å². The van der Waals surface area contributed by atoms with Gasteiger partial charge in [-0.1, -0.05) is 6.07 Å². The van der Waals surface area contributed by atoms with Gasteiger partial charge in [-0.05, 0) is 45.0 Å². The number of carbonyl (C=O) groups is 1. The van der Waals surface area contributed by atoms with Crippen LogP contribution < -0.4 is 10.6 Å². The minimum absolute atomic E-state index is 0.0974. The molecule has 2 N–H and O–H groups in total. The lowest BCUT2D eigenvalue weighted by atomic mass is 10.3. The van der Waals surface area contributed by atoms with Crippen molar-refractivity contribution in [2.45, 2.75) is 32.2 Å². The Labute approximate surface area is 136 Å². The zero-order valence-electron chi connectivity index (χ0n) is 13.7. The van der Waals surface area contributed by atoms with E-state index in [0.717, 1.165) is 30.9 Å². The van der Waals surface area contributed by atoms with E-state index in [1.807, 2.05) is 35.0 Å². The molecule has 3 rings (SSSR count). The molecule has 1 fully saturated rings. The van der Waals surface area contributed by atoms with Crippen LogP contribution in [0, 0.1) is 0 Å². The Morgan fingerprint density at radius 1 is 1.30 bits per heavy atom. The Morgan fingerprint density at radius 3 is 2.91 bits per heavy atom. The van der Waals surface area contributed by atoms with E-state index in [9.17, 15) is 4.79 Å². The van der Waals surface area contributed by atoms with Gasteiger partial charge in [0, 0.05) is 37.9 Å². The summed E-state index contributed by atoms with van der Waals surface area (Å²) < 4.78 is 1.99. The predicted molar refractivity (Wildman–Crippen MR) is 90.6 cm³/mol. The van der Waals surface area contributed by atoms with Crippen molar-refractivity contribution in [2.24, 2.45) is 0 Å². The van der Waals surface area contributed by atoms with Gasteiger partial charge in [-0.25, -0.2) is 9.78 Å². The van der Waals surface area contributed by atoms with Gasteiger partial charge in [-0.3, -0.25) is 4.90 Å². The average Bonchev–Trinajstić information content (AvgIpc) is 3.21. The van der Waals surface area contributed by atoms with Gasteiger partial charge in [-0.15, -0.1) is 0 Å². The number of nitrogens with zero attached hydrogens (tertiary/aromatic N) is 3. The number of nitrogens with one attached hydrogen (secondary N) is 2. The van der Waals surface area contributed by atoms with Crippen LogP contribution in [-0.2, 0) is 6.42 Å². The monoisotopic (exact) mass is 315 g/mol. The fourth-order valence-corrected chi connectivity index (χ4v) is 3.03. The lowest BCUT2D eigenvalue weighted by Gasteiger charge is -2.23. The van der Waals surface area contributed by atoms with Gasteiger partial charge in [-0.2, -0.15) is 0 Å². The maximum atomic E-state index is 11.9. The van der Waals surface area contributed by atoms with Crippen molar-refractivity contribution in [3.63, 3.8) is 0 Å². The molecule has 1 aliphatic rings.